The summed E-state index contributed by atoms with van der Waals surface area (Å²) in [5, 5.41) is 15.5. The molecule has 2 aliphatic rings. The number of rotatable bonds is 2. The highest BCUT2D eigenvalue weighted by Crippen LogP contribution is 2.41. The van der Waals surface area contributed by atoms with Crippen molar-refractivity contribution in [3.8, 4) is 0 Å². The van der Waals surface area contributed by atoms with Crippen LogP contribution in [0.5, 0.6) is 0 Å². The molecule has 0 aromatic carbocycles. The molecule has 0 saturated carbocycles. The summed E-state index contributed by atoms with van der Waals surface area (Å²) in [7, 11) is 1.63. The van der Waals surface area contributed by atoms with Crippen LogP contribution >= 0.6 is 11.3 Å². The second-order valence-electron chi connectivity index (χ2n) is 5.22. The molecule has 3 atom stereocenters. The van der Waals surface area contributed by atoms with E-state index in [1.165, 1.54) is 10.4 Å². The minimum Gasteiger partial charge on any atom is -0.504 e. The summed E-state index contributed by atoms with van der Waals surface area (Å²) in [6, 6.07) is 2.25. The minimum absolute atomic E-state index is 0.202. The van der Waals surface area contributed by atoms with Crippen LogP contribution < -0.4 is 5.32 Å². The second kappa shape index (κ2) is 5.02. The molecular formula is C15H19NO2S. The Morgan fingerprint density at radius 1 is 1.47 bits per heavy atom. The summed E-state index contributed by atoms with van der Waals surface area (Å²) in [5.41, 5.74) is 1.46. The zero-order valence-corrected chi connectivity index (χ0v) is 12.0. The lowest BCUT2D eigenvalue weighted by molar-refractivity contribution is 0.185. The van der Waals surface area contributed by atoms with Crippen LogP contribution in [-0.4, -0.2) is 18.8 Å². The highest BCUT2D eigenvalue weighted by atomic mass is 32.1. The normalized spacial score (nSPS) is 30.3. The predicted molar refractivity (Wildman–Crippen MR) is 77.2 cm³/mol. The van der Waals surface area contributed by atoms with Gasteiger partial charge in [0.15, 0.2) is 5.76 Å². The monoisotopic (exact) mass is 277 g/mol. The molecule has 0 saturated heterocycles. The minimum atomic E-state index is 0.202. The van der Waals surface area contributed by atoms with E-state index in [9.17, 15) is 5.11 Å². The molecule has 1 aromatic heterocycles. The Bertz CT molecular complexity index is 532. The number of thiophene rings is 1. The van der Waals surface area contributed by atoms with Gasteiger partial charge in [-0.25, -0.2) is 0 Å². The molecule has 0 spiro atoms. The molecule has 19 heavy (non-hydrogen) atoms. The fraction of sp³-hybridized carbons (Fsp3) is 0.467. The predicted octanol–water partition coefficient (Wildman–Crippen LogP) is 3.17. The third-order valence-electron chi connectivity index (χ3n) is 4.23. The molecule has 2 N–H and O–H groups in total. The largest absolute Gasteiger partial charge is 0.504 e. The number of fused-ring (bicyclic) bond motifs is 1. The van der Waals surface area contributed by atoms with Crippen LogP contribution in [0.4, 0.5) is 0 Å². The van der Waals surface area contributed by atoms with Crippen molar-refractivity contribution >= 4 is 11.3 Å². The van der Waals surface area contributed by atoms with Crippen LogP contribution in [0.3, 0.4) is 0 Å². The lowest BCUT2D eigenvalue weighted by Crippen LogP contribution is -2.34. The summed E-state index contributed by atoms with van der Waals surface area (Å²) in [6.07, 6.45) is 3.91. The Labute approximate surface area is 117 Å². The van der Waals surface area contributed by atoms with Gasteiger partial charge < -0.3 is 15.2 Å². The number of allylic oxidation sites excluding steroid dienone is 3. The highest BCUT2D eigenvalue weighted by molar-refractivity contribution is 7.10. The second-order valence-corrected chi connectivity index (χ2v) is 6.22. The third kappa shape index (κ3) is 2.09. The smallest absolute Gasteiger partial charge is 0.153 e. The van der Waals surface area contributed by atoms with Crippen LogP contribution in [0.25, 0.3) is 0 Å². The zero-order valence-electron chi connectivity index (χ0n) is 11.2. The van der Waals surface area contributed by atoms with E-state index in [2.05, 4.69) is 29.8 Å². The molecule has 3 rings (SSSR count). The van der Waals surface area contributed by atoms with Crippen molar-refractivity contribution in [3.05, 3.63) is 45.6 Å². The van der Waals surface area contributed by atoms with Gasteiger partial charge in [0.25, 0.3) is 0 Å². The van der Waals surface area contributed by atoms with Crippen molar-refractivity contribution < 1.29 is 9.84 Å². The fourth-order valence-electron chi connectivity index (χ4n) is 3.25. The summed E-state index contributed by atoms with van der Waals surface area (Å²) in [5.74, 6) is 1.99. The summed E-state index contributed by atoms with van der Waals surface area (Å²) < 4.78 is 5.37. The molecule has 1 aromatic rings. The molecule has 1 aliphatic heterocycles. The van der Waals surface area contributed by atoms with Crippen molar-refractivity contribution in [2.75, 3.05) is 13.7 Å². The Morgan fingerprint density at radius 3 is 3.11 bits per heavy atom. The van der Waals surface area contributed by atoms with Gasteiger partial charge >= 0.3 is 0 Å². The molecule has 0 bridgehead atoms. The Hall–Kier alpha value is -1.26. The summed E-state index contributed by atoms with van der Waals surface area (Å²) >= 11 is 1.82. The number of aliphatic hydroxyl groups excluding tert-OH is 1. The molecule has 4 heteroatoms. The Balaban J connectivity index is 1.92. The van der Waals surface area contributed by atoms with Crippen molar-refractivity contribution in [2.45, 2.75) is 19.4 Å². The number of aliphatic hydroxyl groups is 1. The highest BCUT2D eigenvalue weighted by Gasteiger charge is 2.35. The van der Waals surface area contributed by atoms with Gasteiger partial charge in [-0.15, -0.1) is 11.3 Å². The van der Waals surface area contributed by atoms with Crippen LogP contribution in [0.2, 0.25) is 0 Å². The van der Waals surface area contributed by atoms with Gasteiger partial charge in [0.2, 0.25) is 0 Å². The number of nitrogens with one attached hydrogen (secondary N) is 1. The maximum Gasteiger partial charge on any atom is 0.153 e. The number of hydrogen-bond donors (Lipinski definition) is 2. The van der Waals surface area contributed by atoms with E-state index in [0.29, 0.717) is 17.6 Å². The molecule has 102 valence electrons. The third-order valence-corrected chi connectivity index (χ3v) is 5.17. The van der Waals surface area contributed by atoms with E-state index in [1.807, 2.05) is 11.3 Å². The van der Waals surface area contributed by atoms with Crippen molar-refractivity contribution in [2.24, 2.45) is 11.8 Å². The average Bonchev–Trinajstić information content (AvgIpc) is 2.88. The van der Waals surface area contributed by atoms with E-state index in [0.717, 1.165) is 13.1 Å². The molecule has 0 fully saturated rings. The number of hydrogen-bond acceptors (Lipinski definition) is 4. The van der Waals surface area contributed by atoms with Gasteiger partial charge in [0, 0.05) is 29.8 Å². The fourth-order valence-corrected chi connectivity index (χ4v) is 4.17. The van der Waals surface area contributed by atoms with Gasteiger partial charge in [0.1, 0.15) is 5.76 Å². The quantitative estimate of drug-likeness (QED) is 0.872. The van der Waals surface area contributed by atoms with Crippen LogP contribution in [0.15, 0.2) is 35.1 Å². The molecule has 1 aliphatic carbocycles. The van der Waals surface area contributed by atoms with Crippen LogP contribution in [0, 0.1) is 11.8 Å². The summed E-state index contributed by atoms with van der Waals surface area (Å²) in [6.45, 7) is 4.09. The maximum atomic E-state index is 9.87. The first-order valence-corrected chi connectivity index (χ1v) is 7.52. The van der Waals surface area contributed by atoms with Gasteiger partial charge in [-0.1, -0.05) is 13.0 Å². The van der Waals surface area contributed by atoms with E-state index >= 15 is 0 Å². The molecule has 2 unspecified atom stereocenters. The van der Waals surface area contributed by atoms with Crippen molar-refractivity contribution in [1.82, 2.24) is 5.32 Å². The van der Waals surface area contributed by atoms with E-state index in [-0.39, 0.29) is 11.7 Å². The first-order valence-electron chi connectivity index (χ1n) is 6.64. The van der Waals surface area contributed by atoms with E-state index < -0.39 is 0 Å². The van der Waals surface area contributed by atoms with Gasteiger partial charge in [-0.3, -0.25) is 0 Å². The maximum absolute atomic E-state index is 9.87. The van der Waals surface area contributed by atoms with Crippen LogP contribution in [0.1, 0.15) is 23.3 Å². The zero-order chi connectivity index (χ0) is 13.4. The summed E-state index contributed by atoms with van der Waals surface area (Å²) in [4.78, 5) is 1.44. The number of methoxy groups -OCH3 is 1. The van der Waals surface area contributed by atoms with Gasteiger partial charge in [0.05, 0.1) is 7.11 Å². The van der Waals surface area contributed by atoms with E-state index in [1.54, 1.807) is 13.2 Å². The molecule has 3 nitrogen and oxygen atoms in total. The lowest BCUT2D eigenvalue weighted by atomic mass is 9.74. The Kier molecular flexibility index (Phi) is 3.37. The first kappa shape index (κ1) is 12.8. The van der Waals surface area contributed by atoms with Crippen molar-refractivity contribution in [1.29, 1.82) is 0 Å². The SMILES string of the molecule is COC1=C(O)C=CC([C@@H]2CNCc3sccc32)C1C. The topological polar surface area (TPSA) is 41.5 Å². The first-order chi connectivity index (χ1) is 9.22. The standard InChI is InChI=1S/C15H19NO2S/c1-9-10(3-4-13(17)15(9)18-2)12-7-16-8-14-11(12)5-6-19-14/h3-6,9-10,12,16-17H,7-8H2,1-2H3/t9?,10?,12-/m0/s1. The number of ether oxygens (including phenoxy) is 1. The van der Waals surface area contributed by atoms with Crippen molar-refractivity contribution in [3.63, 3.8) is 0 Å². The molecule has 0 amide bonds. The van der Waals surface area contributed by atoms with E-state index in [4.69, 9.17) is 4.74 Å². The molecular weight excluding hydrogens is 258 g/mol. The van der Waals surface area contributed by atoms with Crippen LogP contribution in [-0.2, 0) is 11.3 Å². The Morgan fingerprint density at radius 2 is 2.32 bits per heavy atom. The van der Waals surface area contributed by atoms with Gasteiger partial charge in [-0.05, 0) is 29.0 Å². The molecule has 2 heterocycles. The average molecular weight is 277 g/mol. The lowest BCUT2D eigenvalue weighted by Gasteiger charge is -2.35. The van der Waals surface area contributed by atoms with Gasteiger partial charge in [-0.2, -0.15) is 0 Å². The molecule has 0 radical (unpaired) electrons.